The van der Waals surface area contributed by atoms with Crippen molar-refractivity contribution in [2.24, 2.45) is 0 Å². The van der Waals surface area contributed by atoms with E-state index in [1.807, 2.05) is 65.0 Å². The zero-order chi connectivity index (χ0) is 13.3. The largest absolute Gasteiger partial charge is 0.192 e. The molecular weight excluding hydrogens is 206 g/mol. The topological polar surface area (TPSA) is 23.8 Å². The Kier molecular flexibility index (Phi) is 7.46. The molecule has 0 atom stereocenters. The minimum absolute atomic E-state index is 0.763. The summed E-state index contributed by atoms with van der Waals surface area (Å²) in [6, 6.07) is 14.2. The summed E-state index contributed by atoms with van der Waals surface area (Å²) in [4.78, 5) is 0. The molecule has 0 spiro atoms. The van der Waals surface area contributed by atoms with Crippen LogP contribution in [0.5, 0.6) is 0 Å². The van der Waals surface area contributed by atoms with Gasteiger partial charge in [0.1, 0.15) is 0 Å². The minimum Gasteiger partial charge on any atom is -0.192 e. The summed E-state index contributed by atoms with van der Waals surface area (Å²) < 4.78 is 0. The van der Waals surface area contributed by atoms with Gasteiger partial charge in [0.15, 0.2) is 0 Å². The van der Waals surface area contributed by atoms with E-state index in [4.69, 9.17) is 5.26 Å². The van der Waals surface area contributed by atoms with E-state index in [0.717, 1.165) is 11.1 Å². The predicted octanol–water partition coefficient (Wildman–Crippen LogP) is 5.07. The van der Waals surface area contributed by atoms with Crippen molar-refractivity contribution in [2.45, 2.75) is 34.6 Å². The Bertz CT molecular complexity index is 492. The van der Waals surface area contributed by atoms with Gasteiger partial charge in [-0.2, -0.15) is 5.26 Å². The Balaban J connectivity index is 0.000000581. The van der Waals surface area contributed by atoms with Crippen molar-refractivity contribution in [2.75, 3.05) is 0 Å². The van der Waals surface area contributed by atoms with Gasteiger partial charge in [-0.25, -0.2) is 0 Å². The number of fused-ring (bicyclic) bond motifs is 1. The second-order valence-electron chi connectivity index (χ2n) is 3.07. The number of nitriles is 1. The number of benzene rings is 2. The molecule has 0 N–H and O–H groups in total. The van der Waals surface area contributed by atoms with Gasteiger partial charge >= 0.3 is 0 Å². The van der Waals surface area contributed by atoms with Gasteiger partial charge in [-0.1, -0.05) is 58.0 Å². The minimum atomic E-state index is 0.763. The van der Waals surface area contributed by atoms with Gasteiger partial charge in [0, 0.05) is 0 Å². The molecule has 0 aliphatic rings. The van der Waals surface area contributed by atoms with Crippen LogP contribution in [0.1, 0.15) is 38.8 Å². The Labute approximate surface area is 105 Å². The lowest BCUT2D eigenvalue weighted by atomic mass is 10.0. The molecule has 0 saturated carbocycles. The molecule has 0 heterocycles. The Hall–Kier alpha value is -1.81. The number of hydrogen-bond donors (Lipinski definition) is 0. The van der Waals surface area contributed by atoms with E-state index in [1.165, 1.54) is 10.8 Å². The van der Waals surface area contributed by atoms with E-state index in [0.29, 0.717) is 0 Å². The lowest BCUT2D eigenvalue weighted by molar-refractivity contribution is 1.43. The highest BCUT2D eigenvalue weighted by Gasteiger charge is 2.00. The third-order valence-electron chi connectivity index (χ3n) is 2.32. The molecule has 17 heavy (non-hydrogen) atoms. The molecule has 0 amide bonds. The van der Waals surface area contributed by atoms with Gasteiger partial charge in [-0.15, -0.1) is 0 Å². The Morgan fingerprint density at radius 2 is 1.47 bits per heavy atom. The van der Waals surface area contributed by atoms with Crippen LogP contribution in [-0.4, -0.2) is 0 Å². The maximum atomic E-state index is 8.83. The molecule has 1 nitrogen and oxygen atoms in total. The number of nitrogens with zero attached hydrogens (tertiary/aromatic N) is 1. The summed E-state index contributed by atoms with van der Waals surface area (Å²) in [6.07, 6.45) is 0. The second kappa shape index (κ2) is 8.35. The van der Waals surface area contributed by atoms with Crippen LogP contribution in [0.4, 0.5) is 0 Å². The van der Waals surface area contributed by atoms with Gasteiger partial charge in [-0.05, 0) is 29.3 Å². The van der Waals surface area contributed by atoms with Crippen molar-refractivity contribution in [3.05, 3.63) is 47.5 Å². The van der Waals surface area contributed by atoms with Crippen LogP contribution in [0.25, 0.3) is 10.8 Å². The quantitative estimate of drug-likeness (QED) is 0.616. The van der Waals surface area contributed by atoms with Gasteiger partial charge in [0.2, 0.25) is 0 Å². The maximum absolute atomic E-state index is 8.83. The fourth-order valence-electron chi connectivity index (χ4n) is 1.55. The SMILES string of the molecule is CC.CC.Cc1c(C#N)ccc2ccccc12. The lowest BCUT2D eigenvalue weighted by Crippen LogP contribution is -1.83. The average Bonchev–Trinajstić information content (AvgIpc) is 2.44. The van der Waals surface area contributed by atoms with Crippen molar-refractivity contribution >= 4 is 10.8 Å². The van der Waals surface area contributed by atoms with Crippen LogP contribution in [0, 0.1) is 18.3 Å². The summed E-state index contributed by atoms with van der Waals surface area (Å²) in [6.45, 7) is 9.99. The van der Waals surface area contributed by atoms with Crippen LogP contribution >= 0.6 is 0 Å². The maximum Gasteiger partial charge on any atom is 0.0994 e. The standard InChI is InChI=1S/C12H9N.2C2H6/c1-9-11(8-13)7-6-10-4-2-3-5-12(9)10;2*1-2/h2-7H,1H3;2*1-2H3. The van der Waals surface area contributed by atoms with Crippen molar-refractivity contribution in [3.8, 4) is 6.07 Å². The van der Waals surface area contributed by atoms with Crippen LogP contribution in [0.2, 0.25) is 0 Å². The normalized spacial score (nSPS) is 8.24. The van der Waals surface area contributed by atoms with Crippen molar-refractivity contribution in [1.29, 1.82) is 5.26 Å². The highest BCUT2D eigenvalue weighted by Crippen LogP contribution is 2.20. The first-order chi connectivity index (χ1) is 8.33. The van der Waals surface area contributed by atoms with E-state index in [1.54, 1.807) is 0 Å². The molecular formula is C16H21N. The zero-order valence-corrected chi connectivity index (χ0v) is 11.4. The first-order valence-electron chi connectivity index (χ1n) is 6.21. The van der Waals surface area contributed by atoms with E-state index >= 15 is 0 Å². The highest BCUT2D eigenvalue weighted by atomic mass is 14.2. The Morgan fingerprint density at radius 1 is 0.882 bits per heavy atom. The van der Waals surface area contributed by atoms with E-state index in [9.17, 15) is 0 Å². The lowest BCUT2D eigenvalue weighted by Gasteiger charge is -2.02. The van der Waals surface area contributed by atoms with Crippen molar-refractivity contribution in [3.63, 3.8) is 0 Å². The predicted molar refractivity (Wildman–Crippen MR) is 76.1 cm³/mol. The van der Waals surface area contributed by atoms with E-state index in [2.05, 4.69) is 12.1 Å². The molecule has 0 aliphatic carbocycles. The molecule has 0 aromatic heterocycles. The molecule has 2 rings (SSSR count). The first kappa shape index (κ1) is 15.2. The van der Waals surface area contributed by atoms with Gasteiger partial charge in [0.05, 0.1) is 11.6 Å². The molecule has 2 aromatic carbocycles. The van der Waals surface area contributed by atoms with Crippen molar-refractivity contribution in [1.82, 2.24) is 0 Å². The van der Waals surface area contributed by atoms with E-state index < -0.39 is 0 Å². The zero-order valence-electron chi connectivity index (χ0n) is 11.4. The van der Waals surface area contributed by atoms with Gasteiger partial charge in [0.25, 0.3) is 0 Å². The summed E-state index contributed by atoms with van der Waals surface area (Å²) in [5.74, 6) is 0. The molecule has 0 bridgehead atoms. The van der Waals surface area contributed by atoms with Crippen LogP contribution in [-0.2, 0) is 0 Å². The summed E-state index contributed by atoms with van der Waals surface area (Å²) in [5, 5.41) is 11.2. The molecule has 0 radical (unpaired) electrons. The molecule has 0 unspecified atom stereocenters. The third-order valence-corrected chi connectivity index (χ3v) is 2.32. The average molecular weight is 227 g/mol. The van der Waals surface area contributed by atoms with Gasteiger partial charge < -0.3 is 0 Å². The molecule has 0 saturated heterocycles. The van der Waals surface area contributed by atoms with Gasteiger partial charge in [-0.3, -0.25) is 0 Å². The molecule has 90 valence electrons. The Morgan fingerprint density at radius 3 is 2.06 bits per heavy atom. The third kappa shape index (κ3) is 3.60. The fourth-order valence-corrected chi connectivity index (χ4v) is 1.55. The molecule has 2 aromatic rings. The number of hydrogen-bond acceptors (Lipinski definition) is 1. The monoisotopic (exact) mass is 227 g/mol. The second-order valence-corrected chi connectivity index (χ2v) is 3.07. The summed E-state index contributed by atoms with van der Waals surface area (Å²) in [7, 11) is 0. The van der Waals surface area contributed by atoms with Crippen LogP contribution in [0.15, 0.2) is 36.4 Å². The smallest absolute Gasteiger partial charge is 0.0994 e. The first-order valence-corrected chi connectivity index (χ1v) is 6.21. The number of rotatable bonds is 0. The highest BCUT2D eigenvalue weighted by molar-refractivity contribution is 5.87. The van der Waals surface area contributed by atoms with E-state index in [-0.39, 0.29) is 0 Å². The summed E-state index contributed by atoms with van der Waals surface area (Å²) >= 11 is 0. The molecule has 0 aliphatic heterocycles. The number of aryl methyl sites for hydroxylation is 1. The van der Waals surface area contributed by atoms with Crippen molar-refractivity contribution < 1.29 is 0 Å². The fraction of sp³-hybridized carbons (Fsp3) is 0.312. The molecule has 1 heteroatoms. The van der Waals surface area contributed by atoms with Crippen LogP contribution in [0.3, 0.4) is 0 Å². The summed E-state index contributed by atoms with van der Waals surface area (Å²) in [5.41, 5.74) is 1.83. The molecule has 0 fully saturated rings. The van der Waals surface area contributed by atoms with Crippen LogP contribution < -0.4 is 0 Å².